The van der Waals surface area contributed by atoms with Gasteiger partial charge in [-0.3, -0.25) is 4.79 Å². The van der Waals surface area contributed by atoms with E-state index in [0.717, 1.165) is 58.2 Å². The molecule has 0 bridgehead atoms. The molecule has 0 aliphatic carbocycles. The van der Waals surface area contributed by atoms with Crippen molar-refractivity contribution < 1.29 is 107 Å². The molecule has 0 aromatic heterocycles. The van der Waals surface area contributed by atoms with Crippen LogP contribution in [-0.2, 0) is 18.9 Å². The topological polar surface area (TPSA) is 122 Å². The van der Waals surface area contributed by atoms with Crippen molar-refractivity contribution in [3.8, 4) is 84.0 Å². The van der Waals surface area contributed by atoms with Gasteiger partial charge in [-0.15, -0.1) is 0 Å². The molecule has 21 heteroatoms. The van der Waals surface area contributed by atoms with E-state index in [4.69, 9.17) is 43.4 Å². The number of aliphatic hydroxyl groups is 2. The Morgan fingerprint density at radius 3 is 1.09 bits per heavy atom. The first-order valence-corrected chi connectivity index (χ1v) is 38.7. The number of aliphatic hydroxyl groups excluding tert-OH is 2. The third-order valence-corrected chi connectivity index (χ3v) is 18.3. The number of hydrogen-bond donors (Lipinski definition) is 2. The van der Waals surface area contributed by atoms with E-state index < -0.39 is 52.8 Å². The van der Waals surface area contributed by atoms with Crippen molar-refractivity contribution in [3.63, 3.8) is 0 Å². The van der Waals surface area contributed by atoms with E-state index in [1.54, 1.807) is 118 Å². The first-order valence-electron chi connectivity index (χ1n) is 37.9. The maximum atomic E-state index is 15.0. The van der Waals surface area contributed by atoms with Crippen LogP contribution in [0.4, 0.5) is 39.5 Å². The van der Waals surface area contributed by atoms with Crippen molar-refractivity contribution in [2.24, 2.45) is 11.8 Å². The Morgan fingerprint density at radius 1 is 0.442 bits per heavy atom. The quantitative estimate of drug-likeness (QED) is 0.0188. The van der Waals surface area contributed by atoms with Crippen LogP contribution in [0.2, 0.25) is 0 Å². The number of rotatable bonds is 25. The zero-order chi connectivity index (χ0) is 79.7. The standard InChI is InChI=1S/C29H31F3O3.C21H15F3O2.C20H14BrF3O.C8H18O2.2C4H8O.C4H9.2CH4.Li/c1-3-5-6-7-19-17-34-29(35-18-19)22-12-13-23(25(30)16-22)20-8-10-21(11-9-20)24-14-15-26(33-4-2)28(32)27(24)31;1-2-26-19-10-9-17(20(23)21(19)24)15-6-4-14(5-7-15)16-8-3-13(12-25)11-18(16)22;1-2-25-18-10-9-16(19(23)20(18)24)13-5-3-12(4-6-13)15-8-7-14(21)11-17(15)22;1-2-3-4-5-8(6-9)7-10;2*1-2-4-5-3-1;1-3-4-2;;;/h8-16,19,29H,3-7,17-18H2,1-2H3;3-12H,2H2,1H3;3-11H,2H2,1H3;8-10H,2-7H2,1H3;2*1-4H2;1,3-4H2,2H3;2*1H4;/q;;;;;;-1;;;+1. The van der Waals surface area contributed by atoms with E-state index in [2.05, 4.69) is 43.6 Å². The van der Waals surface area contributed by atoms with Gasteiger partial charge in [0.2, 0.25) is 17.5 Å². The molecular formula is C92H111BrF9LiO10. The average Bonchev–Trinajstić information content (AvgIpc) is 1.44. The number of carbonyl (C=O) groups is 1. The number of carbonyl (C=O) groups excluding carboxylic acids is 1. The van der Waals surface area contributed by atoms with Gasteiger partial charge in [0.05, 0.1) is 33.0 Å². The van der Waals surface area contributed by atoms with Gasteiger partial charge < -0.3 is 50.3 Å². The predicted molar refractivity (Wildman–Crippen MR) is 436 cm³/mol. The SMILES string of the molecule is C.C.C1CCOC1.C1CCOC1.CCCCCC(CO)CO.CCCCCC1COC(c2ccc(-c3ccc(-c4ccc(OCC)c(F)c4F)cc3)c(F)c2)OC1.CCOc1ccc(-c2ccc(-c3ccc(Br)cc3F)cc2)c(F)c1F.CCOc1ccc(-c2ccc(-c3ccc(C=O)cc3F)cc2)c(F)c1F.[CH2-]CCC.[Li+]. The summed E-state index contributed by atoms with van der Waals surface area (Å²) in [5.74, 6) is -7.16. The van der Waals surface area contributed by atoms with Gasteiger partial charge in [0.1, 0.15) is 23.7 Å². The van der Waals surface area contributed by atoms with E-state index in [9.17, 15) is 44.3 Å². The fourth-order valence-corrected chi connectivity index (χ4v) is 11.9. The molecule has 3 aliphatic heterocycles. The fraction of sp³-hybridized carbons (Fsp3) is 0.391. The molecule has 2 N–H and O–H groups in total. The van der Waals surface area contributed by atoms with Gasteiger partial charge in [-0.05, 0) is 153 Å². The molecule has 0 saturated carbocycles. The minimum Gasteiger partial charge on any atom is -0.491 e. The molecule has 9 aromatic carbocycles. The van der Waals surface area contributed by atoms with E-state index in [1.165, 1.54) is 125 Å². The average molecular weight is 1630 g/mol. The smallest absolute Gasteiger partial charge is 0.491 e. The summed E-state index contributed by atoms with van der Waals surface area (Å²) in [5, 5.41) is 17.3. The maximum Gasteiger partial charge on any atom is 1.00 e. The Bertz CT molecular complexity index is 4150. The van der Waals surface area contributed by atoms with Crippen LogP contribution in [0.5, 0.6) is 17.2 Å². The summed E-state index contributed by atoms with van der Waals surface area (Å²) in [6.45, 7) is 21.3. The van der Waals surface area contributed by atoms with Gasteiger partial charge in [-0.2, -0.15) is 19.6 Å². The second-order valence-electron chi connectivity index (χ2n) is 26.0. The number of hydrogen-bond acceptors (Lipinski definition) is 10. The largest absolute Gasteiger partial charge is 1.00 e. The van der Waals surface area contributed by atoms with Gasteiger partial charge in [0.25, 0.3) is 0 Å². The molecule has 12 rings (SSSR count). The Labute approximate surface area is 684 Å². The number of benzene rings is 9. The summed E-state index contributed by atoms with van der Waals surface area (Å²) in [6, 6.07) is 42.1. The molecule has 10 nitrogen and oxygen atoms in total. The molecule has 3 heterocycles. The molecule has 3 aliphatic rings. The molecular weight excluding hydrogens is 1520 g/mol. The third-order valence-electron chi connectivity index (χ3n) is 17.8. The maximum absolute atomic E-state index is 15.0. The van der Waals surface area contributed by atoms with Crippen molar-refractivity contribution in [1.29, 1.82) is 0 Å². The van der Waals surface area contributed by atoms with E-state index >= 15 is 0 Å². The molecule has 9 aromatic rings. The zero-order valence-corrected chi connectivity index (χ0v) is 66.3. The molecule has 0 unspecified atom stereocenters. The number of ether oxygens (including phenoxy) is 7. The van der Waals surface area contributed by atoms with Gasteiger partial charge >= 0.3 is 18.9 Å². The van der Waals surface area contributed by atoms with Crippen LogP contribution >= 0.6 is 15.9 Å². The van der Waals surface area contributed by atoms with Crippen LogP contribution < -0.4 is 33.1 Å². The molecule has 3 fully saturated rings. The van der Waals surface area contributed by atoms with Crippen LogP contribution in [0.25, 0.3) is 66.8 Å². The minimum absolute atomic E-state index is 0. The van der Waals surface area contributed by atoms with Gasteiger partial charge in [-0.25, -0.2) is 26.3 Å². The third kappa shape index (κ3) is 31.4. The monoisotopic (exact) mass is 1630 g/mol. The minimum atomic E-state index is -1.04. The van der Waals surface area contributed by atoms with Crippen molar-refractivity contribution in [2.75, 3.05) is 72.7 Å². The summed E-state index contributed by atoms with van der Waals surface area (Å²) < 4.78 is 166. The first-order chi connectivity index (χ1) is 53.3. The van der Waals surface area contributed by atoms with Crippen LogP contribution in [0.15, 0.2) is 168 Å². The summed E-state index contributed by atoms with van der Waals surface area (Å²) in [5.41, 5.74) is 5.69. The van der Waals surface area contributed by atoms with E-state index in [-0.39, 0.29) is 118 Å². The van der Waals surface area contributed by atoms with Gasteiger partial charge in [0.15, 0.2) is 41.0 Å². The Morgan fingerprint density at radius 2 is 0.779 bits per heavy atom. The predicted octanol–water partition coefficient (Wildman–Crippen LogP) is 23.0. The van der Waals surface area contributed by atoms with E-state index in [1.807, 2.05) is 0 Å². The Hall–Kier alpha value is -7.74. The summed E-state index contributed by atoms with van der Waals surface area (Å²) in [4.78, 5) is 10.7. The van der Waals surface area contributed by atoms with Crippen molar-refractivity contribution >= 4 is 22.2 Å². The number of aldehydes is 1. The van der Waals surface area contributed by atoms with Crippen molar-refractivity contribution in [3.05, 3.63) is 239 Å². The molecule has 0 radical (unpaired) electrons. The molecule has 0 spiro atoms. The second-order valence-corrected chi connectivity index (χ2v) is 27.0. The first kappa shape index (κ1) is 99.5. The Kier molecular flexibility index (Phi) is 48.3. The molecule has 0 atom stereocenters. The summed E-state index contributed by atoms with van der Waals surface area (Å²) >= 11 is 3.22. The van der Waals surface area contributed by atoms with Crippen LogP contribution in [0, 0.1) is 71.1 Å². The van der Waals surface area contributed by atoms with E-state index in [0.29, 0.717) is 85.5 Å². The van der Waals surface area contributed by atoms with Crippen LogP contribution in [-0.4, -0.2) is 89.2 Å². The summed E-state index contributed by atoms with van der Waals surface area (Å²) in [7, 11) is 0. The Balaban J connectivity index is 0.000000380. The fourth-order valence-electron chi connectivity index (χ4n) is 11.6. The molecule has 3 saturated heterocycles. The van der Waals surface area contributed by atoms with Crippen LogP contribution in [0.1, 0.15) is 168 Å². The molecule has 113 heavy (non-hydrogen) atoms. The number of unbranched alkanes of at least 4 members (excludes halogenated alkanes) is 5. The normalized spacial score (nSPS) is 13.7. The van der Waals surface area contributed by atoms with Crippen molar-refractivity contribution in [2.45, 2.75) is 153 Å². The van der Waals surface area contributed by atoms with Crippen LogP contribution in [0.3, 0.4) is 0 Å². The molecule has 610 valence electrons. The second kappa shape index (κ2) is 54.9. The van der Waals surface area contributed by atoms with Gasteiger partial charge in [0, 0.05) is 100 Å². The van der Waals surface area contributed by atoms with Gasteiger partial charge in [-0.1, -0.05) is 200 Å². The molecule has 0 amide bonds. The number of halogens is 10. The summed E-state index contributed by atoms with van der Waals surface area (Å²) in [6.07, 6.45) is 16.5. The van der Waals surface area contributed by atoms with Crippen molar-refractivity contribution in [1.82, 2.24) is 0 Å². The zero-order valence-electron chi connectivity index (χ0n) is 64.7.